The lowest BCUT2D eigenvalue weighted by Crippen LogP contribution is -2.48. The molecule has 1 N–H and O–H groups in total. The molecule has 1 heterocycles. The van der Waals surface area contributed by atoms with Crippen molar-refractivity contribution >= 4 is 11.6 Å². The first kappa shape index (κ1) is 17.6. The second-order valence-electron chi connectivity index (χ2n) is 5.62. The molecule has 1 aromatic carbocycles. The second kappa shape index (κ2) is 7.68. The SMILES string of the molecule is CNCCCC(=O)N1CCN(c2cccc(C(F)(F)F)c2)CC1. The molecule has 0 atom stereocenters. The topological polar surface area (TPSA) is 35.6 Å². The molecule has 0 bridgehead atoms. The largest absolute Gasteiger partial charge is 0.416 e. The minimum Gasteiger partial charge on any atom is -0.368 e. The van der Waals surface area contributed by atoms with Crippen molar-refractivity contribution in [2.24, 2.45) is 0 Å². The predicted molar refractivity (Wildman–Crippen MR) is 83.4 cm³/mol. The first-order valence-corrected chi connectivity index (χ1v) is 7.76. The molecule has 0 radical (unpaired) electrons. The van der Waals surface area contributed by atoms with Gasteiger partial charge in [-0.25, -0.2) is 0 Å². The quantitative estimate of drug-likeness (QED) is 0.843. The van der Waals surface area contributed by atoms with Crippen molar-refractivity contribution in [3.05, 3.63) is 29.8 Å². The normalized spacial score (nSPS) is 15.8. The van der Waals surface area contributed by atoms with Gasteiger partial charge in [0.1, 0.15) is 0 Å². The van der Waals surface area contributed by atoms with Crippen LogP contribution in [0.4, 0.5) is 18.9 Å². The Morgan fingerprint density at radius 2 is 1.91 bits per heavy atom. The molecule has 1 aromatic rings. The van der Waals surface area contributed by atoms with Crippen LogP contribution in [0.5, 0.6) is 0 Å². The molecule has 128 valence electrons. The van der Waals surface area contributed by atoms with Crippen LogP contribution in [0.15, 0.2) is 24.3 Å². The monoisotopic (exact) mass is 329 g/mol. The van der Waals surface area contributed by atoms with Crippen molar-refractivity contribution < 1.29 is 18.0 Å². The summed E-state index contributed by atoms with van der Waals surface area (Å²) in [5, 5.41) is 3.00. The van der Waals surface area contributed by atoms with Gasteiger partial charge in [0.25, 0.3) is 0 Å². The smallest absolute Gasteiger partial charge is 0.368 e. The van der Waals surface area contributed by atoms with E-state index in [1.54, 1.807) is 11.0 Å². The van der Waals surface area contributed by atoms with Crippen molar-refractivity contribution in [3.63, 3.8) is 0 Å². The third-order valence-corrected chi connectivity index (χ3v) is 3.99. The van der Waals surface area contributed by atoms with Crippen LogP contribution >= 0.6 is 0 Å². The molecule has 0 spiro atoms. The summed E-state index contributed by atoms with van der Waals surface area (Å²) in [5.74, 6) is 0.115. The number of rotatable bonds is 5. The number of alkyl halides is 3. The molecule has 4 nitrogen and oxygen atoms in total. The van der Waals surface area contributed by atoms with Gasteiger partial charge in [0.05, 0.1) is 5.56 Å². The van der Waals surface area contributed by atoms with Gasteiger partial charge in [-0.3, -0.25) is 4.79 Å². The average molecular weight is 329 g/mol. The Hall–Kier alpha value is -1.76. The van der Waals surface area contributed by atoms with Gasteiger partial charge in [-0.15, -0.1) is 0 Å². The summed E-state index contributed by atoms with van der Waals surface area (Å²) in [6, 6.07) is 5.35. The van der Waals surface area contributed by atoms with Gasteiger partial charge in [0, 0.05) is 38.3 Å². The first-order chi connectivity index (χ1) is 10.9. The molecule has 7 heteroatoms. The Morgan fingerprint density at radius 3 is 2.52 bits per heavy atom. The van der Waals surface area contributed by atoms with Crippen LogP contribution in [-0.4, -0.2) is 50.6 Å². The molecule has 1 fully saturated rings. The Labute approximate surface area is 134 Å². The fourth-order valence-electron chi connectivity index (χ4n) is 2.67. The van der Waals surface area contributed by atoms with E-state index in [9.17, 15) is 18.0 Å². The van der Waals surface area contributed by atoms with Gasteiger partial charge in [-0.05, 0) is 38.2 Å². The van der Waals surface area contributed by atoms with Crippen molar-refractivity contribution in [1.82, 2.24) is 10.2 Å². The number of amides is 1. The van der Waals surface area contributed by atoms with E-state index in [0.29, 0.717) is 38.3 Å². The second-order valence-corrected chi connectivity index (χ2v) is 5.62. The summed E-state index contributed by atoms with van der Waals surface area (Å²) in [7, 11) is 1.85. The van der Waals surface area contributed by atoms with Crippen LogP contribution in [0.3, 0.4) is 0 Å². The minimum atomic E-state index is -4.33. The molecule has 2 rings (SSSR count). The Balaban J connectivity index is 1.90. The summed E-state index contributed by atoms with van der Waals surface area (Å²) < 4.78 is 38.3. The van der Waals surface area contributed by atoms with E-state index in [-0.39, 0.29) is 5.91 Å². The molecule has 23 heavy (non-hydrogen) atoms. The van der Waals surface area contributed by atoms with Crippen LogP contribution in [0.1, 0.15) is 18.4 Å². The lowest BCUT2D eigenvalue weighted by molar-refractivity contribution is -0.137. The number of piperazine rings is 1. The number of hydrogen-bond acceptors (Lipinski definition) is 3. The highest BCUT2D eigenvalue weighted by Gasteiger charge is 2.31. The van der Waals surface area contributed by atoms with Crippen molar-refractivity contribution in [2.75, 3.05) is 44.7 Å². The minimum absolute atomic E-state index is 0.115. The van der Waals surface area contributed by atoms with Gasteiger partial charge < -0.3 is 15.1 Å². The van der Waals surface area contributed by atoms with E-state index in [0.717, 1.165) is 19.0 Å². The molecular formula is C16H22F3N3O. The predicted octanol–water partition coefficient (Wildman–Crippen LogP) is 2.35. The van der Waals surface area contributed by atoms with E-state index >= 15 is 0 Å². The number of halogens is 3. The fraction of sp³-hybridized carbons (Fsp3) is 0.562. The summed E-state index contributed by atoms with van der Waals surface area (Å²) >= 11 is 0. The summed E-state index contributed by atoms with van der Waals surface area (Å²) in [6.07, 6.45) is -3.03. The molecule has 1 amide bonds. The number of nitrogens with one attached hydrogen (secondary N) is 1. The van der Waals surface area contributed by atoms with Gasteiger partial charge >= 0.3 is 6.18 Å². The van der Waals surface area contributed by atoms with Crippen LogP contribution in [0, 0.1) is 0 Å². The lowest BCUT2D eigenvalue weighted by Gasteiger charge is -2.36. The number of nitrogens with zero attached hydrogens (tertiary/aromatic N) is 2. The van der Waals surface area contributed by atoms with E-state index in [1.165, 1.54) is 12.1 Å². The van der Waals surface area contributed by atoms with Crippen molar-refractivity contribution in [1.29, 1.82) is 0 Å². The first-order valence-electron chi connectivity index (χ1n) is 7.76. The molecule has 1 aliphatic heterocycles. The van der Waals surface area contributed by atoms with Crippen LogP contribution in [0.25, 0.3) is 0 Å². The summed E-state index contributed by atoms with van der Waals surface area (Å²) in [6.45, 7) is 3.01. The Kier molecular flexibility index (Phi) is 5.87. The van der Waals surface area contributed by atoms with Gasteiger partial charge in [-0.1, -0.05) is 6.07 Å². The molecule has 0 saturated carbocycles. The maximum atomic E-state index is 12.8. The maximum absolute atomic E-state index is 12.8. The molecular weight excluding hydrogens is 307 g/mol. The number of benzene rings is 1. The van der Waals surface area contributed by atoms with E-state index < -0.39 is 11.7 Å². The number of anilines is 1. The van der Waals surface area contributed by atoms with Crippen molar-refractivity contribution in [3.8, 4) is 0 Å². The highest BCUT2D eigenvalue weighted by Crippen LogP contribution is 2.31. The third kappa shape index (κ3) is 4.86. The number of carbonyl (C=O) groups is 1. The van der Waals surface area contributed by atoms with Crippen LogP contribution in [-0.2, 0) is 11.0 Å². The average Bonchev–Trinajstić information content (AvgIpc) is 2.54. The molecule has 0 unspecified atom stereocenters. The van der Waals surface area contributed by atoms with Crippen LogP contribution in [0.2, 0.25) is 0 Å². The highest BCUT2D eigenvalue weighted by molar-refractivity contribution is 5.76. The lowest BCUT2D eigenvalue weighted by atomic mass is 10.1. The Bertz CT molecular complexity index is 526. The maximum Gasteiger partial charge on any atom is 0.416 e. The van der Waals surface area contributed by atoms with E-state index in [1.807, 2.05) is 11.9 Å². The molecule has 0 aromatic heterocycles. The van der Waals surface area contributed by atoms with E-state index in [2.05, 4.69) is 5.32 Å². The molecule has 0 aliphatic carbocycles. The fourth-order valence-corrected chi connectivity index (χ4v) is 2.67. The highest BCUT2D eigenvalue weighted by atomic mass is 19.4. The number of carbonyl (C=O) groups excluding carboxylic acids is 1. The van der Waals surface area contributed by atoms with Gasteiger partial charge in [0.15, 0.2) is 0 Å². The molecule has 1 saturated heterocycles. The number of hydrogen-bond donors (Lipinski definition) is 1. The zero-order chi connectivity index (χ0) is 16.9. The summed E-state index contributed by atoms with van der Waals surface area (Å²) in [5.41, 5.74) is -0.0809. The standard InChI is InChI=1S/C16H22F3N3O/c1-20-7-3-6-15(23)22-10-8-21(9-11-22)14-5-2-4-13(12-14)16(17,18)19/h2,4-5,12,20H,3,6-11H2,1H3. The zero-order valence-electron chi connectivity index (χ0n) is 13.2. The summed E-state index contributed by atoms with van der Waals surface area (Å²) in [4.78, 5) is 15.7. The Morgan fingerprint density at radius 1 is 1.22 bits per heavy atom. The third-order valence-electron chi connectivity index (χ3n) is 3.99. The molecule has 1 aliphatic rings. The van der Waals surface area contributed by atoms with Gasteiger partial charge in [-0.2, -0.15) is 13.2 Å². The van der Waals surface area contributed by atoms with E-state index in [4.69, 9.17) is 0 Å². The van der Waals surface area contributed by atoms with Crippen molar-refractivity contribution in [2.45, 2.75) is 19.0 Å². The van der Waals surface area contributed by atoms with Gasteiger partial charge in [0.2, 0.25) is 5.91 Å². The zero-order valence-corrected chi connectivity index (χ0v) is 13.2. The van der Waals surface area contributed by atoms with Crippen LogP contribution < -0.4 is 10.2 Å².